The van der Waals surface area contributed by atoms with Crippen LogP contribution < -0.4 is 4.90 Å². The second-order valence-corrected chi connectivity index (χ2v) is 7.09. The van der Waals surface area contributed by atoms with E-state index >= 15 is 0 Å². The predicted octanol–water partition coefficient (Wildman–Crippen LogP) is 3.94. The van der Waals surface area contributed by atoms with E-state index in [0.717, 1.165) is 35.6 Å². The number of hydrogen-bond acceptors (Lipinski definition) is 5. The lowest BCUT2D eigenvalue weighted by atomic mass is 10.1. The Morgan fingerprint density at radius 2 is 1.76 bits per heavy atom. The molecule has 3 heterocycles. The summed E-state index contributed by atoms with van der Waals surface area (Å²) in [6.45, 7) is 2.11. The van der Waals surface area contributed by atoms with Gasteiger partial charge in [0, 0.05) is 31.2 Å². The predicted molar refractivity (Wildman–Crippen MR) is 101 cm³/mol. The van der Waals surface area contributed by atoms with Gasteiger partial charge in [-0.1, -0.05) is 36.0 Å². The first-order valence-corrected chi connectivity index (χ1v) is 9.68. The first kappa shape index (κ1) is 16.1. The van der Waals surface area contributed by atoms with E-state index in [9.17, 15) is 0 Å². The van der Waals surface area contributed by atoms with Crippen LogP contribution in [-0.2, 0) is 5.75 Å². The number of pyridine rings is 1. The summed E-state index contributed by atoms with van der Waals surface area (Å²) in [6, 6.07) is 14.5. The zero-order chi connectivity index (χ0) is 16.9. The van der Waals surface area contributed by atoms with Crippen molar-refractivity contribution in [3.63, 3.8) is 0 Å². The molecule has 1 fully saturated rings. The minimum absolute atomic E-state index is 0.832. The number of anilines is 1. The Morgan fingerprint density at radius 3 is 2.52 bits per heavy atom. The molecule has 1 aliphatic rings. The van der Waals surface area contributed by atoms with Gasteiger partial charge in [-0.05, 0) is 43.0 Å². The Labute approximate surface area is 152 Å². The lowest BCUT2D eigenvalue weighted by Gasteiger charge is -2.27. The van der Waals surface area contributed by atoms with E-state index in [0.29, 0.717) is 0 Å². The molecule has 3 aromatic rings. The summed E-state index contributed by atoms with van der Waals surface area (Å²) in [7, 11) is 0. The number of piperidine rings is 1. The highest BCUT2D eigenvalue weighted by Crippen LogP contribution is 2.29. The third kappa shape index (κ3) is 3.69. The largest absolute Gasteiger partial charge is 0.341 e. The molecule has 0 unspecified atom stereocenters. The van der Waals surface area contributed by atoms with Gasteiger partial charge in [-0.2, -0.15) is 0 Å². The second-order valence-electron chi connectivity index (χ2n) is 6.15. The number of thioether (sulfide) groups is 1. The summed E-state index contributed by atoms with van der Waals surface area (Å²) < 4.78 is 2.19. The maximum absolute atomic E-state index is 4.53. The van der Waals surface area contributed by atoms with Gasteiger partial charge in [0.1, 0.15) is 0 Å². The first-order valence-electron chi connectivity index (χ1n) is 8.69. The Balaban J connectivity index is 1.65. The van der Waals surface area contributed by atoms with Gasteiger partial charge in [0.2, 0.25) is 5.95 Å². The summed E-state index contributed by atoms with van der Waals surface area (Å²) >= 11 is 1.70. The molecule has 0 spiro atoms. The van der Waals surface area contributed by atoms with Gasteiger partial charge in [0.05, 0.1) is 5.69 Å². The molecule has 4 rings (SSSR count). The molecule has 2 aromatic heterocycles. The molecule has 1 aliphatic heterocycles. The van der Waals surface area contributed by atoms with Crippen molar-refractivity contribution >= 4 is 17.7 Å². The van der Waals surface area contributed by atoms with Crippen LogP contribution in [0.15, 0.2) is 60.0 Å². The second kappa shape index (κ2) is 7.70. The SMILES string of the molecule is c1ccc(-n2c(SCc3cccnc3)nnc2N2CCCCC2)cc1. The van der Waals surface area contributed by atoms with Gasteiger partial charge in [-0.25, -0.2) is 0 Å². The molecule has 0 N–H and O–H groups in total. The summed E-state index contributed by atoms with van der Waals surface area (Å²) in [4.78, 5) is 6.55. The van der Waals surface area contributed by atoms with Crippen LogP contribution in [0.2, 0.25) is 0 Å². The average Bonchev–Trinajstić information content (AvgIpc) is 3.12. The van der Waals surface area contributed by atoms with Crippen molar-refractivity contribution in [2.45, 2.75) is 30.2 Å². The van der Waals surface area contributed by atoms with Gasteiger partial charge >= 0.3 is 0 Å². The Bertz CT molecular complexity index is 797. The van der Waals surface area contributed by atoms with E-state index < -0.39 is 0 Å². The smallest absolute Gasteiger partial charge is 0.232 e. The molecular weight excluding hydrogens is 330 g/mol. The fourth-order valence-corrected chi connectivity index (χ4v) is 3.97. The molecule has 0 bridgehead atoms. The molecule has 5 nitrogen and oxygen atoms in total. The van der Waals surface area contributed by atoms with Crippen LogP contribution in [0, 0.1) is 0 Å². The average molecular weight is 351 g/mol. The van der Waals surface area contributed by atoms with Crippen LogP contribution in [-0.4, -0.2) is 32.8 Å². The fourth-order valence-electron chi connectivity index (χ4n) is 3.09. The van der Waals surface area contributed by atoms with E-state index in [1.54, 1.807) is 18.0 Å². The minimum atomic E-state index is 0.832. The Morgan fingerprint density at radius 1 is 0.920 bits per heavy atom. The summed E-state index contributed by atoms with van der Waals surface area (Å²) in [5.74, 6) is 1.79. The third-order valence-corrected chi connectivity index (χ3v) is 5.36. The molecule has 128 valence electrons. The molecule has 25 heavy (non-hydrogen) atoms. The summed E-state index contributed by atoms with van der Waals surface area (Å²) in [5, 5.41) is 9.95. The maximum Gasteiger partial charge on any atom is 0.232 e. The van der Waals surface area contributed by atoms with E-state index in [2.05, 4.69) is 55.0 Å². The molecule has 0 radical (unpaired) electrons. The maximum atomic E-state index is 4.53. The molecule has 0 amide bonds. The van der Waals surface area contributed by atoms with E-state index in [-0.39, 0.29) is 0 Å². The van der Waals surface area contributed by atoms with Crippen molar-refractivity contribution < 1.29 is 0 Å². The van der Waals surface area contributed by atoms with E-state index in [1.165, 1.54) is 24.8 Å². The normalized spacial score (nSPS) is 14.6. The van der Waals surface area contributed by atoms with Gasteiger partial charge < -0.3 is 4.90 Å². The van der Waals surface area contributed by atoms with Crippen molar-refractivity contribution in [2.75, 3.05) is 18.0 Å². The Kier molecular flexibility index (Phi) is 4.97. The molecule has 1 saturated heterocycles. The van der Waals surface area contributed by atoms with Crippen molar-refractivity contribution in [1.29, 1.82) is 0 Å². The van der Waals surface area contributed by atoms with Crippen molar-refractivity contribution in [3.8, 4) is 5.69 Å². The molecule has 0 saturated carbocycles. The zero-order valence-corrected chi connectivity index (χ0v) is 14.9. The van der Waals surface area contributed by atoms with E-state index in [4.69, 9.17) is 0 Å². The highest BCUT2D eigenvalue weighted by atomic mass is 32.2. The van der Waals surface area contributed by atoms with Crippen LogP contribution in [0.5, 0.6) is 0 Å². The lowest BCUT2D eigenvalue weighted by molar-refractivity contribution is 0.564. The molecule has 6 heteroatoms. The molecule has 0 atom stereocenters. The van der Waals surface area contributed by atoms with Crippen molar-refractivity contribution in [3.05, 3.63) is 60.4 Å². The van der Waals surface area contributed by atoms with E-state index in [1.807, 2.05) is 18.3 Å². The van der Waals surface area contributed by atoms with Crippen molar-refractivity contribution in [1.82, 2.24) is 19.7 Å². The highest BCUT2D eigenvalue weighted by molar-refractivity contribution is 7.98. The van der Waals surface area contributed by atoms with Crippen LogP contribution in [0.3, 0.4) is 0 Å². The lowest BCUT2D eigenvalue weighted by Crippen LogP contribution is -2.31. The minimum Gasteiger partial charge on any atom is -0.341 e. The standard InChI is InChI=1S/C19H21N5S/c1-3-9-17(10-4-1)24-18(23-12-5-2-6-13-23)21-22-19(24)25-15-16-8-7-11-20-14-16/h1,3-4,7-11,14H,2,5-6,12-13,15H2. The molecular formula is C19H21N5S. The Hall–Kier alpha value is -2.34. The molecule has 1 aromatic carbocycles. The number of para-hydroxylation sites is 1. The third-order valence-electron chi connectivity index (χ3n) is 4.36. The topological polar surface area (TPSA) is 46.8 Å². The number of hydrogen-bond donors (Lipinski definition) is 0. The van der Waals surface area contributed by atoms with Gasteiger partial charge in [-0.3, -0.25) is 9.55 Å². The zero-order valence-electron chi connectivity index (χ0n) is 14.1. The van der Waals surface area contributed by atoms with Crippen LogP contribution in [0.25, 0.3) is 5.69 Å². The number of rotatable bonds is 5. The number of aromatic nitrogens is 4. The first-order chi connectivity index (χ1) is 12.4. The monoisotopic (exact) mass is 351 g/mol. The van der Waals surface area contributed by atoms with Crippen molar-refractivity contribution in [2.24, 2.45) is 0 Å². The van der Waals surface area contributed by atoms with Crippen LogP contribution >= 0.6 is 11.8 Å². The molecule has 0 aliphatic carbocycles. The number of benzene rings is 1. The summed E-state index contributed by atoms with van der Waals surface area (Å²) in [5.41, 5.74) is 2.30. The number of nitrogens with zero attached hydrogens (tertiary/aromatic N) is 5. The van der Waals surface area contributed by atoms with Crippen LogP contribution in [0.4, 0.5) is 5.95 Å². The quantitative estimate of drug-likeness (QED) is 0.652. The van der Waals surface area contributed by atoms with Gasteiger partial charge in [-0.15, -0.1) is 10.2 Å². The van der Waals surface area contributed by atoms with Gasteiger partial charge in [0.15, 0.2) is 5.16 Å². The summed E-state index contributed by atoms with van der Waals surface area (Å²) in [6.07, 6.45) is 7.45. The highest BCUT2D eigenvalue weighted by Gasteiger charge is 2.21. The van der Waals surface area contributed by atoms with Gasteiger partial charge in [0.25, 0.3) is 0 Å². The van der Waals surface area contributed by atoms with Crippen LogP contribution in [0.1, 0.15) is 24.8 Å². The fraction of sp³-hybridized carbons (Fsp3) is 0.316.